The molecule has 72 valence electrons. The van der Waals surface area contributed by atoms with Crippen molar-refractivity contribution in [2.75, 3.05) is 31.7 Å². The molecule has 0 aromatic carbocycles. The van der Waals surface area contributed by atoms with Gasteiger partial charge in [-0.2, -0.15) is 0 Å². The van der Waals surface area contributed by atoms with Gasteiger partial charge in [0.15, 0.2) is 0 Å². The zero-order valence-corrected chi connectivity index (χ0v) is 8.81. The van der Waals surface area contributed by atoms with E-state index < -0.39 is 0 Å². The Morgan fingerprint density at radius 3 is 3.08 bits per heavy atom. The van der Waals surface area contributed by atoms with Crippen LogP contribution in [-0.4, -0.2) is 37.9 Å². The highest BCUT2D eigenvalue weighted by atomic mass is 79.9. The minimum atomic E-state index is 0.120. The molecule has 1 heterocycles. The van der Waals surface area contributed by atoms with E-state index in [0.29, 0.717) is 6.61 Å². The van der Waals surface area contributed by atoms with Gasteiger partial charge in [-0.25, -0.2) is 0 Å². The van der Waals surface area contributed by atoms with E-state index in [0.717, 1.165) is 31.5 Å². The molecule has 1 N–H and O–H groups in total. The molecule has 12 heavy (non-hydrogen) atoms. The van der Waals surface area contributed by atoms with Crippen LogP contribution in [0.5, 0.6) is 0 Å². The van der Waals surface area contributed by atoms with Crippen molar-refractivity contribution in [3.63, 3.8) is 0 Å². The zero-order chi connectivity index (χ0) is 8.65. The van der Waals surface area contributed by atoms with Crippen molar-refractivity contribution in [1.82, 2.24) is 5.32 Å². The summed E-state index contributed by atoms with van der Waals surface area (Å²) in [6.45, 7) is 3.23. The second-order valence-electron chi connectivity index (χ2n) is 2.78. The van der Waals surface area contributed by atoms with Crippen molar-refractivity contribution in [2.24, 2.45) is 0 Å². The second-order valence-corrected chi connectivity index (χ2v) is 3.58. The van der Waals surface area contributed by atoms with Gasteiger partial charge in [-0.3, -0.25) is 5.32 Å². The maximum atomic E-state index is 5.53. The van der Waals surface area contributed by atoms with E-state index in [1.54, 1.807) is 0 Å². The van der Waals surface area contributed by atoms with Crippen LogP contribution < -0.4 is 5.32 Å². The van der Waals surface area contributed by atoms with E-state index in [2.05, 4.69) is 21.2 Å². The summed E-state index contributed by atoms with van der Waals surface area (Å²) in [6, 6.07) is 0. The molecule has 0 bridgehead atoms. The quantitative estimate of drug-likeness (QED) is 0.575. The van der Waals surface area contributed by atoms with Gasteiger partial charge in [-0.15, -0.1) is 0 Å². The molecule has 0 aromatic rings. The molecular weight excluding hydrogens is 222 g/mol. The van der Waals surface area contributed by atoms with E-state index >= 15 is 0 Å². The SMILES string of the molecule is BrCCCCOC1COCCN1. The predicted octanol–water partition coefficient (Wildman–Crippen LogP) is 1.12. The Bertz CT molecular complexity index is 107. The van der Waals surface area contributed by atoms with Crippen molar-refractivity contribution in [3.8, 4) is 0 Å². The Balaban J connectivity index is 1.91. The van der Waals surface area contributed by atoms with E-state index in [4.69, 9.17) is 9.47 Å². The van der Waals surface area contributed by atoms with Crippen molar-refractivity contribution in [2.45, 2.75) is 19.1 Å². The molecule has 0 radical (unpaired) electrons. The maximum absolute atomic E-state index is 5.53. The minimum absolute atomic E-state index is 0.120. The fourth-order valence-corrected chi connectivity index (χ4v) is 1.47. The Kier molecular flexibility index (Phi) is 5.94. The van der Waals surface area contributed by atoms with Crippen LogP contribution in [0.25, 0.3) is 0 Å². The van der Waals surface area contributed by atoms with Gasteiger partial charge >= 0.3 is 0 Å². The monoisotopic (exact) mass is 237 g/mol. The summed E-state index contributed by atoms with van der Waals surface area (Å²) in [7, 11) is 0. The number of halogens is 1. The van der Waals surface area contributed by atoms with Crippen LogP contribution >= 0.6 is 15.9 Å². The fraction of sp³-hybridized carbons (Fsp3) is 1.00. The maximum Gasteiger partial charge on any atom is 0.131 e. The van der Waals surface area contributed by atoms with Gasteiger partial charge in [0.2, 0.25) is 0 Å². The lowest BCUT2D eigenvalue weighted by molar-refractivity contribution is -0.0615. The summed E-state index contributed by atoms with van der Waals surface area (Å²) in [6.07, 6.45) is 2.41. The molecule has 1 unspecified atom stereocenters. The van der Waals surface area contributed by atoms with E-state index in [-0.39, 0.29) is 6.23 Å². The second kappa shape index (κ2) is 6.83. The summed E-state index contributed by atoms with van der Waals surface area (Å²) >= 11 is 3.38. The topological polar surface area (TPSA) is 30.5 Å². The van der Waals surface area contributed by atoms with Crippen LogP contribution in [0.2, 0.25) is 0 Å². The third-order valence-electron chi connectivity index (χ3n) is 1.73. The van der Waals surface area contributed by atoms with Gasteiger partial charge in [0.1, 0.15) is 6.23 Å². The lowest BCUT2D eigenvalue weighted by atomic mass is 10.3. The van der Waals surface area contributed by atoms with Crippen molar-refractivity contribution >= 4 is 15.9 Å². The molecule has 1 rings (SSSR count). The van der Waals surface area contributed by atoms with Crippen LogP contribution in [0.15, 0.2) is 0 Å². The Morgan fingerprint density at radius 2 is 2.42 bits per heavy atom. The van der Waals surface area contributed by atoms with Crippen LogP contribution in [0.1, 0.15) is 12.8 Å². The molecular formula is C8H16BrNO2. The number of unbranched alkanes of at least 4 members (excludes halogenated alkanes) is 1. The van der Waals surface area contributed by atoms with Crippen molar-refractivity contribution in [1.29, 1.82) is 0 Å². The minimum Gasteiger partial charge on any atom is -0.376 e. The lowest BCUT2D eigenvalue weighted by Crippen LogP contribution is -2.43. The van der Waals surface area contributed by atoms with Gasteiger partial charge in [0.05, 0.1) is 13.2 Å². The summed E-state index contributed by atoms with van der Waals surface area (Å²) in [4.78, 5) is 0. The normalized spacial score (nSPS) is 24.2. The first kappa shape index (κ1) is 10.4. The molecule has 1 aliphatic heterocycles. The molecule has 1 aliphatic rings. The first-order chi connectivity index (χ1) is 5.93. The van der Waals surface area contributed by atoms with Gasteiger partial charge < -0.3 is 9.47 Å². The number of nitrogens with one attached hydrogen (secondary N) is 1. The third kappa shape index (κ3) is 4.40. The van der Waals surface area contributed by atoms with Crippen LogP contribution in [0.4, 0.5) is 0 Å². The zero-order valence-electron chi connectivity index (χ0n) is 7.22. The van der Waals surface area contributed by atoms with Crippen LogP contribution in [0, 0.1) is 0 Å². The summed E-state index contributed by atoms with van der Waals surface area (Å²) in [5.74, 6) is 0. The van der Waals surface area contributed by atoms with Crippen LogP contribution in [0.3, 0.4) is 0 Å². The fourth-order valence-electron chi connectivity index (χ4n) is 1.07. The average molecular weight is 238 g/mol. The lowest BCUT2D eigenvalue weighted by Gasteiger charge is -2.23. The third-order valence-corrected chi connectivity index (χ3v) is 2.30. The Morgan fingerprint density at radius 1 is 1.50 bits per heavy atom. The molecule has 0 amide bonds. The predicted molar refractivity (Wildman–Crippen MR) is 51.6 cm³/mol. The van der Waals surface area contributed by atoms with E-state index in [9.17, 15) is 0 Å². The highest BCUT2D eigenvalue weighted by molar-refractivity contribution is 9.09. The molecule has 3 nitrogen and oxygen atoms in total. The Hall–Kier alpha value is 0.360. The van der Waals surface area contributed by atoms with E-state index in [1.165, 1.54) is 6.42 Å². The largest absolute Gasteiger partial charge is 0.376 e. The molecule has 0 aliphatic carbocycles. The number of ether oxygens (including phenoxy) is 2. The average Bonchev–Trinajstić information content (AvgIpc) is 2.14. The highest BCUT2D eigenvalue weighted by Gasteiger charge is 2.11. The van der Waals surface area contributed by atoms with Crippen LogP contribution in [-0.2, 0) is 9.47 Å². The highest BCUT2D eigenvalue weighted by Crippen LogP contribution is 1.99. The summed E-state index contributed by atoms with van der Waals surface area (Å²) in [5.41, 5.74) is 0. The number of alkyl halides is 1. The number of hydrogen-bond donors (Lipinski definition) is 1. The number of hydrogen-bond acceptors (Lipinski definition) is 3. The van der Waals surface area contributed by atoms with Crippen molar-refractivity contribution in [3.05, 3.63) is 0 Å². The molecule has 0 aromatic heterocycles. The van der Waals surface area contributed by atoms with E-state index in [1.807, 2.05) is 0 Å². The van der Waals surface area contributed by atoms with Gasteiger partial charge in [-0.1, -0.05) is 15.9 Å². The summed E-state index contributed by atoms with van der Waals surface area (Å²) < 4.78 is 10.8. The molecule has 4 heteroatoms. The smallest absolute Gasteiger partial charge is 0.131 e. The first-order valence-corrected chi connectivity index (χ1v) is 5.54. The van der Waals surface area contributed by atoms with Gasteiger partial charge in [0.25, 0.3) is 0 Å². The standard InChI is InChI=1S/C8H16BrNO2/c9-3-1-2-5-12-8-7-11-6-4-10-8/h8,10H,1-7H2. The number of morpholine rings is 1. The molecule has 0 saturated carbocycles. The first-order valence-electron chi connectivity index (χ1n) is 4.42. The molecule has 1 fully saturated rings. The number of rotatable bonds is 5. The molecule has 1 atom stereocenters. The summed E-state index contributed by atoms with van der Waals surface area (Å²) in [5, 5.41) is 4.30. The van der Waals surface area contributed by atoms with Crippen molar-refractivity contribution < 1.29 is 9.47 Å². The molecule has 1 saturated heterocycles. The van der Waals surface area contributed by atoms with Gasteiger partial charge in [-0.05, 0) is 12.8 Å². The molecule has 0 spiro atoms. The van der Waals surface area contributed by atoms with Gasteiger partial charge in [0, 0.05) is 18.5 Å². The Labute approximate surface area is 81.9 Å².